The Labute approximate surface area is 152 Å². The van der Waals surface area contributed by atoms with Gasteiger partial charge in [-0.25, -0.2) is 4.68 Å². The summed E-state index contributed by atoms with van der Waals surface area (Å²) in [5.41, 5.74) is 1.49. The van der Waals surface area contributed by atoms with Gasteiger partial charge in [0.2, 0.25) is 4.77 Å². The van der Waals surface area contributed by atoms with E-state index in [1.54, 1.807) is 22.9 Å². The number of nitro benzene ring substituents is 1. The Bertz CT molecular complexity index is 1010. The number of halogens is 1. The molecule has 0 aliphatic heterocycles. The highest BCUT2D eigenvalue weighted by Gasteiger charge is 2.06. The molecule has 1 aromatic heterocycles. The van der Waals surface area contributed by atoms with Gasteiger partial charge in [-0.15, -0.1) is 0 Å². The summed E-state index contributed by atoms with van der Waals surface area (Å²) in [6, 6.07) is 13.6. The van der Waals surface area contributed by atoms with Crippen LogP contribution in [0.25, 0.3) is 0 Å². The minimum absolute atomic E-state index is 0.00182. The number of hydrogen-bond donors (Lipinski definition) is 0. The number of aromatic nitrogens is 3. The third-order valence-electron chi connectivity index (χ3n) is 3.41. The van der Waals surface area contributed by atoms with Crippen LogP contribution in [-0.4, -0.2) is 25.6 Å². The zero-order valence-electron chi connectivity index (χ0n) is 12.8. The molecule has 0 spiro atoms. The number of nitrogens with zero attached hydrogens (tertiary/aromatic N) is 5. The van der Waals surface area contributed by atoms with Crippen LogP contribution < -0.4 is 0 Å². The molecule has 0 N–H and O–H groups in total. The van der Waals surface area contributed by atoms with Crippen molar-refractivity contribution in [1.29, 1.82) is 0 Å². The van der Waals surface area contributed by atoms with E-state index in [4.69, 9.17) is 23.8 Å². The molecule has 0 aliphatic carbocycles. The van der Waals surface area contributed by atoms with Crippen molar-refractivity contribution in [1.82, 2.24) is 14.5 Å². The van der Waals surface area contributed by atoms with Crippen molar-refractivity contribution in [3.05, 3.63) is 85.9 Å². The van der Waals surface area contributed by atoms with Gasteiger partial charge in [-0.2, -0.15) is 14.9 Å². The van der Waals surface area contributed by atoms with Crippen molar-refractivity contribution < 1.29 is 4.92 Å². The van der Waals surface area contributed by atoms with Crippen LogP contribution in [0, 0.1) is 14.9 Å². The molecule has 0 saturated heterocycles. The molecule has 0 amide bonds. The highest BCUT2D eigenvalue weighted by molar-refractivity contribution is 7.71. The van der Waals surface area contributed by atoms with Gasteiger partial charge in [0, 0.05) is 22.7 Å². The van der Waals surface area contributed by atoms with E-state index in [0.29, 0.717) is 21.9 Å². The van der Waals surface area contributed by atoms with Crippen LogP contribution in [0.5, 0.6) is 0 Å². The van der Waals surface area contributed by atoms with E-state index in [9.17, 15) is 10.1 Å². The van der Waals surface area contributed by atoms with Gasteiger partial charge < -0.3 is 0 Å². The number of benzene rings is 2. The molecule has 1 heterocycles. The van der Waals surface area contributed by atoms with E-state index in [1.165, 1.54) is 29.4 Å². The summed E-state index contributed by atoms with van der Waals surface area (Å²) in [5, 5.41) is 19.9. The average molecular weight is 374 g/mol. The third-order valence-corrected chi connectivity index (χ3v) is 4.17. The lowest BCUT2D eigenvalue weighted by atomic mass is 10.2. The number of non-ortho nitro benzene ring substituents is 1. The Morgan fingerprint density at radius 2 is 2.08 bits per heavy atom. The molecule has 3 rings (SSSR count). The van der Waals surface area contributed by atoms with E-state index in [1.807, 2.05) is 18.2 Å². The molecule has 0 fully saturated rings. The lowest BCUT2D eigenvalue weighted by Gasteiger charge is -2.03. The van der Waals surface area contributed by atoms with Gasteiger partial charge in [-0.1, -0.05) is 41.9 Å². The zero-order valence-corrected chi connectivity index (χ0v) is 14.4. The Morgan fingerprint density at radius 1 is 1.28 bits per heavy atom. The number of nitro groups is 1. The van der Waals surface area contributed by atoms with Gasteiger partial charge in [-0.05, 0) is 23.8 Å². The van der Waals surface area contributed by atoms with E-state index in [2.05, 4.69) is 10.2 Å². The lowest BCUT2D eigenvalue weighted by molar-refractivity contribution is -0.384. The Morgan fingerprint density at radius 3 is 2.84 bits per heavy atom. The van der Waals surface area contributed by atoms with Gasteiger partial charge in [0.25, 0.3) is 5.69 Å². The minimum Gasteiger partial charge on any atom is -0.258 e. The van der Waals surface area contributed by atoms with Crippen molar-refractivity contribution in [2.24, 2.45) is 5.10 Å². The molecule has 0 unspecified atom stereocenters. The molecule has 3 aromatic rings. The second kappa shape index (κ2) is 7.37. The Hall–Kier alpha value is -2.84. The molecule has 0 saturated carbocycles. The fraction of sp³-hybridized carbons (Fsp3) is 0.0625. The first-order chi connectivity index (χ1) is 12.0. The third kappa shape index (κ3) is 3.98. The summed E-state index contributed by atoms with van der Waals surface area (Å²) in [6.45, 7) is 0.428. The smallest absolute Gasteiger partial charge is 0.258 e. The van der Waals surface area contributed by atoms with E-state index in [0.717, 1.165) is 5.56 Å². The van der Waals surface area contributed by atoms with E-state index < -0.39 is 4.92 Å². The van der Waals surface area contributed by atoms with Crippen molar-refractivity contribution in [3.63, 3.8) is 0 Å². The molecular weight excluding hydrogens is 362 g/mol. The van der Waals surface area contributed by atoms with Crippen LogP contribution in [0.3, 0.4) is 0 Å². The van der Waals surface area contributed by atoms with Crippen LogP contribution in [0.4, 0.5) is 5.69 Å². The Balaban J connectivity index is 1.82. The molecule has 0 atom stereocenters. The monoisotopic (exact) mass is 373 g/mol. The highest BCUT2D eigenvalue weighted by Crippen LogP contribution is 2.16. The average Bonchev–Trinajstić information content (AvgIpc) is 2.95. The molecular formula is C16H12ClN5O2S. The van der Waals surface area contributed by atoms with Crippen LogP contribution in [0.2, 0.25) is 5.02 Å². The van der Waals surface area contributed by atoms with Crippen molar-refractivity contribution >= 4 is 35.7 Å². The second-order valence-electron chi connectivity index (χ2n) is 5.10. The largest absolute Gasteiger partial charge is 0.270 e. The topological polar surface area (TPSA) is 78.2 Å². The van der Waals surface area contributed by atoms with Gasteiger partial charge in [-0.3, -0.25) is 10.1 Å². The molecule has 25 heavy (non-hydrogen) atoms. The number of hydrogen-bond acceptors (Lipinski definition) is 5. The lowest BCUT2D eigenvalue weighted by Crippen LogP contribution is -2.03. The van der Waals surface area contributed by atoms with Gasteiger partial charge >= 0.3 is 0 Å². The van der Waals surface area contributed by atoms with Crippen LogP contribution in [-0.2, 0) is 6.54 Å². The summed E-state index contributed by atoms with van der Waals surface area (Å²) in [5.74, 6) is 0. The molecule has 2 aromatic carbocycles. The van der Waals surface area contributed by atoms with Gasteiger partial charge in [0.15, 0.2) is 0 Å². The predicted octanol–water partition coefficient (Wildman–Crippen LogP) is 3.91. The van der Waals surface area contributed by atoms with Crippen LogP contribution >= 0.6 is 23.8 Å². The standard InChI is InChI=1S/C16H12ClN5O2S/c17-15-7-2-1-5-13(15)10-20-16(25)21(11-19-20)18-9-12-4-3-6-14(8-12)22(23)24/h1-9,11H,10H2. The summed E-state index contributed by atoms with van der Waals surface area (Å²) in [7, 11) is 0. The molecule has 0 radical (unpaired) electrons. The van der Waals surface area contributed by atoms with Crippen LogP contribution in [0.1, 0.15) is 11.1 Å². The SMILES string of the molecule is O=[N+]([O-])c1cccc(C=Nn2cnn(Cc3ccccc3Cl)c2=S)c1. The quantitative estimate of drug-likeness (QED) is 0.294. The van der Waals surface area contributed by atoms with Crippen molar-refractivity contribution in [3.8, 4) is 0 Å². The summed E-state index contributed by atoms with van der Waals surface area (Å²) < 4.78 is 3.41. The van der Waals surface area contributed by atoms with Crippen LogP contribution in [0.15, 0.2) is 60.0 Å². The molecule has 0 aliphatic rings. The first-order valence-corrected chi connectivity index (χ1v) is 8.00. The van der Waals surface area contributed by atoms with Crippen molar-refractivity contribution in [2.75, 3.05) is 0 Å². The van der Waals surface area contributed by atoms with Crippen molar-refractivity contribution in [2.45, 2.75) is 6.54 Å². The maximum absolute atomic E-state index is 10.8. The summed E-state index contributed by atoms with van der Waals surface area (Å²) in [4.78, 5) is 10.3. The molecule has 7 nitrogen and oxygen atoms in total. The van der Waals surface area contributed by atoms with E-state index in [-0.39, 0.29) is 5.69 Å². The second-order valence-corrected chi connectivity index (χ2v) is 5.88. The molecule has 126 valence electrons. The first kappa shape index (κ1) is 17.0. The highest BCUT2D eigenvalue weighted by atomic mass is 35.5. The Kier molecular flexibility index (Phi) is 5.01. The zero-order chi connectivity index (χ0) is 17.8. The predicted molar refractivity (Wildman–Crippen MR) is 97.7 cm³/mol. The number of rotatable bonds is 5. The molecule has 0 bridgehead atoms. The normalized spacial score (nSPS) is 11.1. The minimum atomic E-state index is -0.454. The summed E-state index contributed by atoms with van der Waals surface area (Å²) in [6.07, 6.45) is 2.97. The fourth-order valence-electron chi connectivity index (χ4n) is 2.15. The van der Waals surface area contributed by atoms with Gasteiger partial charge in [0.05, 0.1) is 17.7 Å². The summed E-state index contributed by atoms with van der Waals surface area (Å²) >= 11 is 11.5. The van der Waals surface area contributed by atoms with Gasteiger partial charge in [0.1, 0.15) is 6.33 Å². The maximum atomic E-state index is 10.8. The fourth-order valence-corrected chi connectivity index (χ4v) is 2.55. The first-order valence-electron chi connectivity index (χ1n) is 7.21. The van der Waals surface area contributed by atoms with E-state index >= 15 is 0 Å². The molecule has 9 heteroatoms. The maximum Gasteiger partial charge on any atom is 0.270 e.